The molecule has 3 heterocycles. The zero-order valence-corrected chi connectivity index (χ0v) is 19.2. The van der Waals surface area contributed by atoms with E-state index in [0.717, 1.165) is 31.8 Å². The highest BCUT2D eigenvalue weighted by molar-refractivity contribution is 6.09. The quantitative estimate of drug-likeness (QED) is 0.274. The number of carbonyl (C=O) groups is 2. The van der Waals surface area contributed by atoms with Crippen LogP contribution in [0.4, 0.5) is 8.78 Å². The molecule has 2 aromatic rings. The highest BCUT2D eigenvalue weighted by Gasteiger charge is 2.23. The predicted octanol–water partition coefficient (Wildman–Crippen LogP) is 2.92. The molecular weight excluding hydrogens is 476 g/mol. The Kier molecular flexibility index (Phi) is 8.06. The van der Waals surface area contributed by atoms with Gasteiger partial charge in [0.05, 0.1) is 19.4 Å². The van der Waals surface area contributed by atoms with E-state index in [9.17, 15) is 18.4 Å². The van der Waals surface area contributed by atoms with Gasteiger partial charge in [-0.25, -0.2) is 4.98 Å². The second-order valence-corrected chi connectivity index (χ2v) is 8.09. The first-order chi connectivity index (χ1) is 17.4. The summed E-state index contributed by atoms with van der Waals surface area (Å²) in [5.41, 5.74) is 0.437. The lowest BCUT2D eigenvalue weighted by atomic mass is 10.1. The zero-order valence-electron chi connectivity index (χ0n) is 19.2. The number of alkyl halides is 2. The molecular formula is C24H25F2N5O5. The van der Waals surface area contributed by atoms with Crippen molar-refractivity contribution in [2.24, 2.45) is 0 Å². The van der Waals surface area contributed by atoms with Gasteiger partial charge in [0.15, 0.2) is 0 Å². The monoisotopic (exact) mass is 501 g/mol. The average molecular weight is 501 g/mol. The summed E-state index contributed by atoms with van der Waals surface area (Å²) in [4.78, 5) is 30.9. The van der Waals surface area contributed by atoms with Crippen molar-refractivity contribution in [1.29, 1.82) is 5.41 Å². The topological polar surface area (TPSA) is 126 Å². The first kappa shape index (κ1) is 25.0. The molecule has 190 valence electrons. The van der Waals surface area contributed by atoms with Gasteiger partial charge in [0, 0.05) is 37.3 Å². The molecule has 12 heteroatoms. The van der Waals surface area contributed by atoms with Gasteiger partial charge in [0.1, 0.15) is 34.9 Å². The molecule has 4 rings (SSSR count). The normalized spacial score (nSPS) is 17.1. The van der Waals surface area contributed by atoms with Crippen molar-refractivity contribution in [3.8, 4) is 17.2 Å². The molecule has 2 aliphatic heterocycles. The fraction of sp³-hybridized carbons (Fsp3) is 0.333. The number of carbonyl (C=O) groups excluding carboxylic acids is 2. The van der Waals surface area contributed by atoms with Crippen LogP contribution in [-0.2, 0) is 4.74 Å². The van der Waals surface area contributed by atoms with E-state index in [1.54, 1.807) is 28.4 Å². The number of likely N-dealkylation sites (tertiary alicyclic amines) is 1. The number of pyridine rings is 1. The number of amides is 2. The molecule has 0 radical (unpaired) electrons. The molecule has 3 N–H and O–H groups in total. The first-order valence-corrected chi connectivity index (χ1v) is 11.3. The molecule has 2 aliphatic rings. The number of ether oxygens (including phenoxy) is 3. The van der Waals surface area contributed by atoms with E-state index < -0.39 is 18.3 Å². The van der Waals surface area contributed by atoms with E-state index in [-0.39, 0.29) is 23.3 Å². The van der Waals surface area contributed by atoms with Crippen LogP contribution in [0, 0.1) is 5.41 Å². The van der Waals surface area contributed by atoms with Crippen LogP contribution >= 0.6 is 0 Å². The minimum atomic E-state index is -2.78. The van der Waals surface area contributed by atoms with Gasteiger partial charge < -0.3 is 29.7 Å². The summed E-state index contributed by atoms with van der Waals surface area (Å²) in [6, 6.07) is 7.71. The molecule has 0 saturated carbocycles. The average Bonchev–Trinajstić information content (AvgIpc) is 3.31. The summed E-state index contributed by atoms with van der Waals surface area (Å²) >= 11 is 0. The Morgan fingerprint density at radius 1 is 1.19 bits per heavy atom. The largest absolute Gasteiger partial charge is 0.488 e. The van der Waals surface area contributed by atoms with Crippen molar-refractivity contribution < 1.29 is 32.6 Å². The van der Waals surface area contributed by atoms with Crippen LogP contribution in [0.3, 0.4) is 0 Å². The van der Waals surface area contributed by atoms with Gasteiger partial charge in [-0.3, -0.25) is 15.0 Å². The second-order valence-electron chi connectivity index (χ2n) is 8.09. The van der Waals surface area contributed by atoms with Gasteiger partial charge in [0.25, 0.3) is 11.8 Å². The maximum Gasteiger partial charge on any atom is 0.312 e. The Morgan fingerprint density at radius 3 is 2.64 bits per heavy atom. The van der Waals surface area contributed by atoms with Gasteiger partial charge in [0.2, 0.25) is 0 Å². The lowest BCUT2D eigenvalue weighted by molar-refractivity contribution is 0.0645. The third kappa shape index (κ3) is 6.75. The highest BCUT2D eigenvalue weighted by atomic mass is 19.3. The Balaban J connectivity index is 1.49. The summed E-state index contributed by atoms with van der Waals surface area (Å²) < 4.78 is 41.5. The van der Waals surface area contributed by atoms with Crippen molar-refractivity contribution in [2.45, 2.75) is 25.5 Å². The minimum absolute atomic E-state index is 0.124. The van der Waals surface area contributed by atoms with Gasteiger partial charge in [-0.15, -0.1) is 0 Å². The number of amidine groups is 1. The molecule has 0 bridgehead atoms. The Bertz CT molecular complexity index is 1130. The van der Waals surface area contributed by atoms with Crippen molar-refractivity contribution in [1.82, 2.24) is 20.5 Å². The standard InChI is InChI=1S/C24H25F2N5O5/c25-24(26)28-6-4-21(27)30-22(32)15-10-18(12-19(11-15)36-17-5-9-34-14-17)35-16-2-3-20(29-13-16)23(33)31-7-1-8-31/h2-4,6,10-13,17,24,28H,1,5,7-9,14H2,(H2,27,30,32)/b6-4-. The van der Waals surface area contributed by atoms with E-state index in [1.165, 1.54) is 18.3 Å². The molecule has 1 unspecified atom stereocenters. The minimum Gasteiger partial charge on any atom is -0.488 e. The van der Waals surface area contributed by atoms with Crippen molar-refractivity contribution >= 4 is 17.6 Å². The lowest BCUT2D eigenvalue weighted by Crippen LogP contribution is -2.42. The fourth-order valence-corrected chi connectivity index (χ4v) is 3.45. The highest BCUT2D eigenvalue weighted by Crippen LogP contribution is 2.29. The molecule has 1 aromatic carbocycles. The van der Waals surface area contributed by atoms with Gasteiger partial charge in [-0.2, -0.15) is 8.78 Å². The van der Waals surface area contributed by atoms with E-state index >= 15 is 0 Å². The van der Waals surface area contributed by atoms with Gasteiger partial charge in [-0.1, -0.05) is 0 Å². The van der Waals surface area contributed by atoms with Crippen molar-refractivity contribution in [3.63, 3.8) is 0 Å². The summed E-state index contributed by atoms with van der Waals surface area (Å²) in [6.07, 6.45) is 4.76. The first-order valence-electron chi connectivity index (χ1n) is 11.3. The maximum absolute atomic E-state index is 12.7. The Hall–Kier alpha value is -4.06. The molecule has 2 fully saturated rings. The van der Waals surface area contributed by atoms with Crippen molar-refractivity contribution in [2.75, 3.05) is 26.3 Å². The predicted molar refractivity (Wildman–Crippen MR) is 125 cm³/mol. The lowest BCUT2D eigenvalue weighted by Gasteiger charge is -2.30. The Labute approximate surface area is 205 Å². The van der Waals surface area contributed by atoms with Crippen LogP contribution in [0.15, 0.2) is 48.8 Å². The summed E-state index contributed by atoms with van der Waals surface area (Å²) in [7, 11) is 0. The summed E-state index contributed by atoms with van der Waals surface area (Å²) in [5.74, 6) is -0.224. The van der Waals surface area contributed by atoms with E-state index in [2.05, 4.69) is 10.3 Å². The van der Waals surface area contributed by atoms with Crippen molar-refractivity contribution in [3.05, 3.63) is 60.1 Å². The molecule has 10 nitrogen and oxygen atoms in total. The van der Waals surface area contributed by atoms with Gasteiger partial charge >= 0.3 is 6.55 Å². The zero-order chi connectivity index (χ0) is 25.5. The van der Waals surface area contributed by atoms with Crippen LogP contribution < -0.4 is 20.1 Å². The molecule has 0 aliphatic carbocycles. The number of nitrogens with zero attached hydrogens (tertiary/aromatic N) is 2. The number of benzene rings is 1. The third-order valence-electron chi connectivity index (χ3n) is 5.39. The second kappa shape index (κ2) is 11.6. The van der Waals surface area contributed by atoms with Crippen LogP contribution in [0.25, 0.3) is 0 Å². The fourth-order valence-electron chi connectivity index (χ4n) is 3.45. The van der Waals surface area contributed by atoms with Crippen LogP contribution in [0.2, 0.25) is 0 Å². The molecule has 1 atom stereocenters. The van der Waals surface area contributed by atoms with Crippen LogP contribution in [0.5, 0.6) is 17.2 Å². The molecule has 1 aromatic heterocycles. The number of hydrogen-bond acceptors (Lipinski definition) is 8. The Morgan fingerprint density at radius 2 is 2.00 bits per heavy atom. The SMILES string of the molecule is N=C(/C=C\NC(F)F)NC(=O)c1cc(Oc2ccc(C(=O)N3CCC3)nc2)cc(OC2CCOC2)c1. The number of aromatic nitrogens is 1. The third-order valence-corrected chi connectivity index (χ3v) is 5.39. The van der Waals surface area contributed by atoms with E-state index in [4.69, 9.17) is 19.6 Å². The molecule has 0 spiro atoms. The number of nitrogens with one attached hydrogen (secondary N) is 3. The number of hydrogen-bond donors (Lipinski definition) is 3. The summed E-state index contributed by atoms with van der Waals surface area (Å²) in [5, 5.41) is 11.8. The molecule has 2 saturated heterocycles. The number of halogens is 2. The molecule has 2 amide bonds. The van der Waals surface area contributed by atoms with E-state index in [0.29, 0.717) is 36.8 Å². The van der Waals surface area contributed by atoms with Crippen LogP contribution in [0.1, 0.15) is 33.7 Å². The van der Waals surface area contributed by atoms with Gasteiger partial charge in [-0.05, 0) is 36.8 Å². The van der Waals surface area contributed by atoms with E-state index in [1.807, 2.05) is 0 Å². The number of rotatable bonds is 9. The molecule has 36 heavy (non-hydrogen) atoms. The smallest absolute Gasteiger partial charge is 0.312 e. The van der Waals surface area contributed by atoms with Crippen LogP contribution in [-0.4, -0.2) is 66.5 Å². The summed E-state index contributed by atoms with van der Waals surface area (Å²) in [6.45, 7) is -0.361. The maximum atomic E-state index is 12.7.